The zero-order chi connectivity index (χ0) is 11.5. The first-order valence-corrected chi connectivity index (χ1v) is 4.64. The molecule has 0 heterocycles. The van der Waals surface area contributed by atoms with Crippen LogP contribution in [0.3, 0.4) is 0 Å². The molecule has 0 spiro atoms. The summed E-state index contributed by atoms with van der Waals surface area (Å²) in [6, 6.07) is 3.07. The van der Waals surface area contributed by atoms with Crippen LogP contribution in [-0.4, -0.2) is 11.6 Å². The van der Waals surface area contributed by atoms with Crippen molar-refractivity contribution in [2.24, 2.45) is 4.99 Å². The fourth-order valence-corrected chi connectivity index (χ4v) is 1.22. The summed E-state index contributed by atoms with van der Waals surface area (Å²) in [6.45, 7) is 0. The summed E-state index contributed by atoms with van der Waals surface area (Å²) in [6.07, 6.45) is -3.20. The molecule has 0 aliphatic rings. The smallest absolute Gasteiger partial charge is 0.256 e. The molecule has 1 rings (SSSR count). The Bertz CT molecular complexity index is 401. The van der Waals surface area contributed by atoms with Gasteiger partial charge in [-0.05, 0) is 18.2 Å². The van der Waals surface area contributed by atoms with Gasteiger partial charge in [-0.1, -0.05) is 23.8 Å². The maximum atomic E-state index is 12.3. The molecule has 0 atom stereocenters. The first-order chi connectivity index (χ1) is 6.93. The first kappa shape index (κ1) is 12.1. The quantitative estimate of drug-likeness (QED) is 0.570. The van der Waals surface area contributed by atoms with Gasteiger partial charge in [0.15, 0.2) is 0 Å². The Morgan fingerprint density at radius 1 is 1.27 bits per heavy atom. The maximum Gasteiger partial charge on any atom is 0.416 e. The number of hydrogen-bond acceptors (Lipinski definition) is 2. The highest BCUT2D eigenvalue weighted by atomic mass is 35.5. The highest BCUT2D eigenvalue weighted by Gasteiger charge is 2.31. The molecule has 0 saturated heterocycles. The van der Waals surface area contributed by atoms with Crippen molar-refractivity contribution in [3.63, 3.8) is 0 Å². The van der Waals surface area contributed by atoms with Crippen molar-refractivity contribution >= 4 is 41.1 Å². The largest absolute Gasteiger partial charge is 0.416 e. The molecule has 0 aliphatic carbocycles. The summed E-state index contributed by atoms with van der Waals surface area (Å²) in [5.41, 5.74) is -0.706. The van der Waals surface area contributed by atoms with E-state index in [2.05, 4.69) is 17.2 Å². The summed E-state index contributed by atoms with van der Waals surface area (Å²) in [5.74, 6) is 0. The fourth-order valence-electron chi connectivity index (χ4n) is 0.929. The van der Waals surface area contributed by atoms with Crippen LogP contribution in [0.25, 0.3) is 0 Å². The standard InChI is InChI=1S/C9H5ClF3NS/c10-7-3-6(9(11,12)13)4-8(5-7)14-1-2-15/h1-5H. The number of rotatable bonds is 2. The number of nitrogens with zero attached hydrogens (tertiary/aromatic N) is 1. The predicted octanol–water partition coefficient (Wildman–Crippen LogP) is 4.06. The zero-order valence-corrected chi connectivity index (χ0v) is 8.83. The van der Waals surface area contributed by atoms with Crippen LogP contribution in [0, 0.1) is 0 Å². The summed E-state index contributed by atoms with van der Waals surface area (Å²) >= 11 is 9.99. The topological polar surface area (TPSA) is 12.4 Å². The Kier molecular flexibility index (Phi) is 3.82. The molecule has 0 aromatic heterocycles. The van der Waals surface area contributed by atoms with Gasteiger partial charge >= 0.3 is 6.18 Å². The summed E-state index contributed by atoms with van der Waals surface area (Å²) < 4.78 is 37.0. The van der Waals surface area contributed by atoms with Crippen molar-refractivity contribution in [2.45, 2.75) is 6.18 Å². The molecular weight excluding hydrogens is 247 g/mol. The molecule has 0 saturated carbocycles. The van der Waals surface area contributed by atoms with Crippen LogP contribution < -0.4 is 0 Å². The lowest BCUT2D eigenvalue weighted by Gasteiger charge is -2.07. The van der Waals surface area contributed by atoms with E-state index in [0.717, 1.165) is 12.1 Å². The van der Waals surface area contributed by atoms with Crippen LogP contribution in [0.5, 0.6) is 0 Å². The number of halogens is 4. The van der Waals surface area contributed by atoms with Crippen LogP contribution in [-0.2, 0) is 6.18 Å². The third kappa shape index (κ3) is 3.60. The lowest BCUT2D eigenvalue weighted by molar-refractivity contribution is -0.137. The van der Waals surface area contributed by atoms with Crippen molar-refractivity contribution in [2.75, 3.05) is 0 Å². The molecule has 1 aromatic rings. The molecule has 0 aliphatic heterocycles. The van der Waals surface area contributed by atoms with E-state index in [1.54, 1.807) is 0 Å². The number of hydrogen-bond donors (Lipinski definition) is 0. The highest BCUT2D eigenvalue weighted by molar-refractivity contribution is 7.80. The van der Waals surface area contributed by atoms with Gasteiger partial charge in [-0.15, -0.1) is 0 Å². The Balaban J connectivity index is 3.16. The van der Waals surface area contributed by atoms with Crippen molar-refractivity contribution in [3.05, 3.63) is 28.8 Å². The van der Waals surface area contributed by atoms with E-state index in [1.807, 2.05) is 0 Å². The van der Waals surface area contributed by atoms with Gasteiger partial charge in [-0.25, -0.2) is 0 Å². The second kappa shape index (κ2) is 4.72. The van der Waals surface area contributed by atoms with Gasteiger partial charge < -0.3 is 0 Å². The average molecular weight is 252 g/mol. The second-order valence-electron chi connectivity index (χ2n) is 2.61. The Labute approximate surface area is 94.6 Å². The minimum Gasteiger partial charge on any atom is -0.256 e. The predicted molar refractivity (Wildman–Crippen MR) is 58.3 cm³/mol. The van der Waals surface area contributed by atoms with Gasteiger partial charge in [0.2, 0.25) is 0 Å². The molecule has 80 valence electrons. The van der Waals surface area contributed by atoms with Crippen LogP contribution in [0.2, 0.25) is 5.02 Å². The van der Waals surface area contributed by atoms with Crippen molar-refractivity contribution in [1.29, 1.82) is 0 Å². The highest BCUT2D eigenvalue weighted by Crippen LogP contribution is 2.33. The maximum absolute atomic E-state index is 12.3. The van der Waals surface area contributed by atoms with E-state index in [4.69, 9.17) is 11.6 Å². The van der Waals surface area contributed by atoms with Gasteiger partial charge in [0.1, 0.15) is 0 Å². The van der Waals surface area contributed by atoms with Gasteiger partial charge in [-0.3, -0.25) is 4.99 Å². The number of alkyl halides is 3. The lowest BCUT2D eigenvalue weighted by atomic mass is 10.2. The van der Waals surface area contributed by atoms with E-state index < -0.39 is 11.7 Å². The zero-order valence-electron chi connectivity index (χ0n) is 7.25. The lowest BCUT2D eigenvalue weighted by Crippen LogP contribution is -2.04. The molecule has 15 heavy (non-hydrogen) atoms. The van der Waals surface area contributed by atoms with Gasteiger partial charge in [0.25, 0.3) is 0 Å². The van der Waals surface area contributed by atoms with Crippen molar-refractivity contribution in [1.82, 2.24) is 0 Å². The van der Waals surface area contributed by atoms with E-state index in [1.165, 1.54) is 17.6 Å². The molecule has 1 nitrogen and oxygen atoms in total. The molecule has 0 unspecified atom stereocenters. The fraction of sp³-hybridized carbons (Fsp3) is 0.111. The van der Waals surface area contributed by atoms with Crippen LogP contribution in [0.4, 0.5) is 18.9 Å². The van der Waals surface area contributed by atoms with Crippen LogP contribution in [0.1, 0.15) is 5.56 Å². The molecule has 0 amide bonds. The van der Waals surface area contributed by atoms with Crippen molar-refractivity contribution in [3.8, 4) is 0 Å². The average Bonchev–Trinajstić information content (AvgIpc) is 2.12. The van der Waals surface area contributed by atoms with E-state index in [-0.39, 0.29) is 10.7 Å². The SMILES string of the molecule is FC(F)(F)c1cc(Cl)cc(N=CC=S)c1. The molecule has 0 radical (unpaired) electrons. The molecular formula is C9H5ClF3NS. The second-order valence-corrected chi connectivity index (χ2v) is 3.32. The third-order valence-electron chi connectivity index (χ3n) is 1.49. The Hall–Kier alpha value is -0.940. The minimum absolute atomic E-state index is 0.0126. The van der Waals surface area contributed by atoms with E-state index in [0.29, 0.717) is 0 Å². The van der Waals surface area contributed by atoms with E-state index >= 15 is 0 Å². The molecule has 0 fully saturated rings. The monoisotopic (exact) mass is 251 g/mol. The number of aliphatic imine (C=N–C) groups is 1. The summed E-state index contributed by atoms with van der Waals surface area (Å²) in [4.78, 5) is 3.69. The van der Waals surface area contributed by atoms with Crippen LogP contribution >= 0.6 is 23.8 Å². The Morgan fingerprint density at radius 2 is 1.93 bits per heavy atom. The van der Waals surface area contributed by atoms with Gasteiger partial charge in [-0.2, -0.15) is 13.2 Å². The Morgan fingerprint density at radius 3 is 2.47 bits per heavy atom. The van der Waals surface area contributed by atoms with Gasteiger partial charge in [0, 0.05) is 16.6 Å². The molecule has 1 aromatic carbocycles. The normalized spacial score (nSPS) is 12.0. The summed E-state index contributed by atoms with van der Waals surface area (Å²) in [5, 5.41) is 1.19. The molecule has 6 heteroatoms. The first-order valence-electron chi connectivity index (χ1n) is 3.79. The number of benzene rings is 1. The van der Waals surface area contributed by atoms with Gasteiger partial charge in [0.05, 0.1) is 11.3 Å². The molecule has 0 N–H and O–H groups in total. The molecule has 0 bridgehead atoms. The third-order valence-corrected chi connectivity index (χ3v) is 1.83. The van der Waals surface area contributed by atoms with Crippen LogP contribution in [0.15, 0.2) is 23.2 Å². The number of thiocarbonyl (C=S) groups is 1. The summed E-state index contributed by atoms with van der Waals surface area (Å²) in [7, 11) is 0. The van der Waals surface area contributed by atoms with Crippen molar-refractivity contribution < 1.29 is 13.2 Å². The minimum atomic E-state index is -4.42. The van der Waals surface area contributed by atoms with E-state index in [9.17, 15) is 13.2 Å².